The van der Waals surface area contributed by atoms with Crippen molar-refractivity contribution >= 4 is 38.7 Å². The highest BCUT2D eigenvalue weighted by molar-refractivity contribution is 7.89. The molecule has 40 heavy (non-hydrogen) atoms. The summed E-state index contributed by atoms with van der Waals surface area (Å²) in [7, 11) is -2.41. The summed E-state index contributed by atoms with van der Waals surface area (Å²) < 4.78 is 33.5. The first-order chi connectivity index (χ1) is 19.4. The monoisotopic (exact) mass is 572 g/mol. The van der Waals surface area contributed by atoms with Gasteiger partial charge in [0.1, 0.15) is 0 Å². The van der Waals surface area contributed by atoms with Crippen molar-refractivity contribution in [2.45, 2.75) is 17.7 Å². The van der Waals surface area contributed by atoms with Crippen LogP contribution in [-0.4, -0.2) is 33.0 Å². The van der Waals surface area contributed by atoms with Crippen molar-refractivity contribution < 1.29 is 17.9 Å². The Kier molecular flexibility index (Phi) is 10.0. The molecule has 0 fully saturated rings. The highest BCUT2D eigenvalue weighted by Crippen LogP contribution is 2.25. The molecule has 0 unspecified atom stereocenters. The highest BCUT2D eigenvalue weighted by Gasteiger charge is 2.15. The molecule has 0 radical (unpaired) electrons. The van der Waals surface area contributed by atoms with E-state index in [1.807, 2.05) is 78.9 Å². The van der Waals surface area contributed by atoms with Crippen LogP contribution in [0.15, 0.2) is 120 Å². The lowest BCUT2D eigenvalue weighted by Crippen LogP contribution is -2.25. The van der Waals surface area contributed by atoms with Crippen LogP contribution in [-0.2, 0) is 26.0 Å². The van der Waals surface area contributed by atoms with Crippen molar-refractivity contribution in [2.75, 3.05) is 13.7 Å². The van der Waals surface area contributed by atoms with Gasteiger partial charge in [0.15, 0.2) is 0 Å². The lowest BCUT2D eigenvalue weighted by molar-refractivity contribution is -0.140. The Morgan fingerprint density at radius 1 is 0.875 bits per heavy atom. The van der Waals surface area contributed by atoms with Crippen LogP contribution in [0.5, 0.6) is 0 Å². The summed E-state index contributed by atoms with van der Waals surface area (Å²) in [5.74, 6) is -0.268. The van der Waals surface area contributed by atoms with Gasteiger partial charge in [-0.25, -0.2) is 13.1 Å². The van der Waals surface area contributed by atoms with E-state index in [2.05, 4.69) is 9.71 Å². The summed E-state index contributed by atoms with van der Waals surface area (Å²) >= 11 is 5.94. The van der Waals surface area contributed by atoms with Crippen LogP contribution in [0.2, 0.25) is 5.02 Å². The first-order valence-corrected chi connectivity index (χ1v) is 14.5. The van der Waals surface area contributed by atoms with E-state index in [0.717, 1.165) is 33.4 Å². The number of carbonyl (C=O) groups is 1. The zero-order valence-corrected chi connectivity index (χ0v) is 23.5. The molecule has 4 rings (SSSR count). The highest BCUT2D eigenvalue weighted by atomic mass is 35.5. The lowest BCUT2D eigenvalue weighted by atomic mass is 9.97. The zero-order chi connectivity index (χ0) is 28.4. The van der Waals surface area contributed by atoms with Crippen molar-refractivity contribution in [3.8, 4) is 0 Å². The average Bonchev–Trinajstić information content (AvgIpc) is 2.99. The number of halogens is 1. The number of methoxy groups -OCH3 is 1. The van der Waals surface area contributed by atoms with Gasteiger partial charge in [0, 0.05) is 35.9 Å². The molecule has 1 N–H and O–H groups in total. The Hall–Kier alpha value is -4.04. The fourth-order valence-corrected chi connectivity index (χ4v) is 5.18. The number of carbonyl (C=O) groups excluding carboxylic acids is 1. The molecule has 0 bridgehead atoms. The second-order valence-electron chi connectivity index (χ2n) is 8.93. The fourth-order valence-electron chi connectivity index (χ4n) is 4.04. The van der Waals surface area contributed by atoms with Crippen LogP contribution in [0.1, 0.15) is 28.7 Å². The van der Waals surface area contributed by atoms with Gasteiger partial charge in [0.2, 0.25) is 10.0 Å². The van der Waals surface area contributed by atoms with E-state index < -0.39 is 10.0 Å². The number of hydrogen-bond donors (Lipinski definition) is 1. The Bertz CT molecular complexity index is 1540. The molecule has 0 aliphatic rings. The van der Waals surface area contributed by atoms with Crippen LogP contribution in [0, 0.1) is 0 Å². The van der Waals surface area contributed by atoms with Crippen LogP contribution >= 0.6 is 11.6 Å². The number of esters is 1. The predicted octanol–water partition coefficient (Wildman–Crippen LogP) is 6.33. The number of nitrogens with zero attached hydrogens (tertiary/aromatic N) is 1. The van der Waals surface area contributed by atoms with Crippen molar-refractivity contribution in [1.29, 1.82) is 0 Å². The standard InChI is InChI=1S/C32H29ClN2O4S/c1-39-32(36)20-11-24-9-12-25(13-10-24)27(23-35-40(37,38)30-17-15-29(33)16-18-30)14-19-31(26-6-3-2-4-7-26)28-8-5-21-34-22-28/h2-10,12-19,21-22,35H,11,20,23H2,1H3. The molecule has 3 aromatic carbocycles. The Labute approximate surface area is 240 Å². The number of ether oxygens (including phenoxy) is 1. The fraction of sp³-hybridized carbons (Fsp3) is 0.125. The number of nitrogens with one attached hydrogen (secondary N) is 1. The van der Waals surface area contributed by atoms with E-state index in [1.54, 1.807) is 24.5 Å². The smallest absolute Gasteiger partial charge is 0.305 e. The zero-order valence-electron chi connectivity index (χ0n) is 22.0. The molecule has 1 aromatic heterocycles. The van der Waals surface area contributed by atoms with E-state index in [1.165, 1.54) is 19.2 Å². The van der Waals surface area contributed by atoms with E-state index in [-0.39, 0.29) is 23.8 Å². The van der Waals surface area contributed by atoms with Gasteiger partial charge in [0.25, 0.3) is 0 Å². The molecule has 204 valence electrons. The number of benzene rings is 3. The van der Waals surface area contributed by atoms with Crippen LogP contribution in [0.3, 0.4) is 0 Å². The SMILES string of the molecule is COC(=O)CCc1ccc(C(=CC=C(c2ccccc2)c2cccnc2)CNS(=O)(=O)c2ccc(Cl)cc2)cc1. The first kappa shape index (κ1) is 29.0. The number of allylic oxidation sites excluding steroid dienone is 2. The third-order valence-electron chi connectivity index (χ3n) is 6.26. The largest absolute Gasteiger partial charge is 0.469 e. The molecule has 0 spiro atoms. The van der Waals surface area contributed by atoms with Crippen LogP contribution < -0.4 is 4.72 Å². The minimum atomic E-state index is -3.78. The molecular formula is C32H29ClN2O4S. The molecule has 1 heterocycles. The number of aromatic nitrogens is 1. The second-order valence-corrected chi connectivity index (χ2v) is 11.1. The molecule has 0 aliphatic heterocycles. The van der Waals surface area contributed by atoms with Crippen molar-refractivity contribution in [1.82, 2.24) is 9.71 Å². The summed E-state index contributed by atoms with van der Waals surface area (Å²) in [5.41, 5.74) is 5.47. The van der Waals surface area contributed by atoms with E-state index >= 15 is 0 Å². The number of hydrogen-bond acceptors (Lipinski definition) is 5. The van der Waals surface area contributed by atoms with Gasteiger partial charge in [0.05, 0.1) is 12.0 Å². The average molecular weight is 573 g/mol. The summed E-state index contributed by atoms with van der Waals surface area (Å²) in [6.07, 6.45) is 8.25. The van der Waals surface area contributed by atoms with Gasteiger partial charge >= 0.3 is 5.97 Å². The second kappa shape index (κ2) is 13.8. The van der Waals surface area contributed by atoms with Crippen LogP contribution in [0.4, 0.5) is 0 Å². The van der Waals surface area contributed by atoms with Crippen LogP contribution in [0.25, 0.3) is 11.1 Å². The third-order valence-corrected chi connectivity index (χ3v) is 7.92. The molecule has 4 aromatic rings. The van der Waals surface area contributed by atoms with Crippen molar-refractivity contribution in [3.05, 3.63) is 143 Å². The molecular weight excluding hydrogens is 544 g/mol. The van der Waals surface area contributed by atoms with Gasteiger partial charge in [-0.2, -0.15) is 0 Å². The van der Waals surface area contributed by atoms with Gasteiger partial charge in [-0.3, -0.25) is 9.78 Å². The minimum Gasteiger partial charge on any atom is -0.469 e. The molecule has 0 saturated carbocycles. The van der Waals surface area contributed by atoms with E-state index in [0.29, 0.717) is 11.4 Å². The maximum atomic E-state index is 13.0. The third kappa shape index (κ3) is 7.99. The van der Waals surface area contributed by atoms with E-state index in [9.17, 15) is 13.2 Å². The summed E-state index contributed by atoms with van der Waals surface area (Å²) in [6.45, 7) is 0.0536. The Balaban J connectivity index is 1.69. The Morgan fingerprint density at radius 2 is 1.57 bits per heavy atom. The Morgan fingerprint density at radius 3 is 2.23 bits per heavy atom. The van der Waals surface area contributed by atoms with Gasteiger partial charge in [-0.1, -0.05) is 84.4 Å². The van der Waals surface area contributed by atoms with Gasteiger partial charge < -0.3 is 4.74 Å². The lowest BCUT2D eigenvalue weighted by Gasteiger charge is -2.12. The van der Waals surface area contributed by atoms with Gasteiger partial charge in [-0.05, 0) is 64.6 Å². The summed E-state index contributed by atoms with van der Waals surface area (Å²) in [6, 6.07) is 27.6. The maximum absolute atomic E-state index is 13.0. The molecule has 0 atom stereocenters. The number of rotatable bonds is 11. The molecule has 0 amide bonds. The maximum Gasteiger partial charge on any atom is 0.305 e. The number of sulfonamides is 1. The topological polar surface area (TPSA) is 85.4 Å². The molecule has 0 saturated heterocycles. The molecule has 6 nitrogen and oxygen atoms in total. The summed E-state index contributed by atoms with van der Waals surface area (Å²) in [5, 5.41) is 0.459. The molecule has 8 heteroatoms. The normalized spacial score (nSPS) is 12.2. The number of aryl methyl sites for hydroxylation is 1. The minimum absolute atomic E-state index is 0.0536. The van der Waals surface area contributed by atoms with Crippen molar-refractivity contribution in [3.63, 3.8) is 0 Å². The molecule has 0 aliphatic carbocycles. The van der Waals surface area contributed by atoms with E-state index in [4.69, 9.17) is 16.3 Å². The number of pyridine rings is 1. The summed E-state index contributed by atoms with van der Waals surface area (Å²) in [4.78, 5) is 15.9. The quantitative estimate of drug-likeness (QED) is 0.168. The first-order valence-electron chi connectivity index (χ1n) is 12.6. The van der Waals surface area contributed by atoms with Gasteiger partial charge in [-0.15, -0.1) is 0 Å². The predicted molar refractivity (Wildman–Crippen MR) is 159 cm³/mol. The van der Waals surface area contributed by atoms with Crippen molar-refractivity contribution in [2.24, 2.45) is 0 Å².